The van der Waals surface area contributed by atoms with Gasteiger partial charge < -0.3 is 19.5 Å². The van der Waals surface area contributed by atoms with Crippen molar-refractivity contribution in [2.45, 2.75) is 32.6 Å². The van der Waals surface area contributed by atoms with Gasteiger partial charge in [-0.1, -0.05) is 19.8 Å². The Balaban J connectivity index is 2.19. The van der Waals surface area contributed by atoms with Crippen LogP contribution in [-0.2, 0) is 9.53 Å². The van der Waals surface area contributed by atoms with Crippen LogP contribution in [0.3, 0.4) is 0 Å². The molecule has 1 N–H and O–H groups in total. The standard InChI is InChI=1S/C17H27NO4/c1-3-4-5-13-21-15-7-9-16(10-8-15)22-14-17(19)18-11-6-12-20-2/h7-10H,3-6,11-14H2,1-2H3,(H,18,19). The topological polar surface area (TPSA) is 56.8 Å². The lowest BCUT2D eigenvalue weighted by atomic mass is 10.3. The molecular weight excluding hydrogens is 282 g/mol. The fourth-order valence-corrected chi connectivity index (χ4v) is 1.82. The summed E-state index contributed by atoms with van der Waals surface area (Å²) in [6.45, 7) is 4.16. The van der Waals surface area contributed by atoms with Gasteiger partial charge in [0.15, 0.2) is 6.61 Å². The molecule has 1 rings (SSSR count). The van der Waals surface area contributed by atoms with Gasteiger partial charge in [0.25, 0.3) is 5.91 Å². The maximum atomic E-state index is 11.5. The normalized spacial score (nSPS) is 10.3. The molecule has 22 heavy (non-hydrogen) atoms. The van der Waals surface area contributed by atoms with Crippen LogP contribution in [0, 0.1) is 0 Å². The number of nitrogens with one attached hydrogen (secondary N) is 1. The molecular formula is C17H27NO4. The van der Waals surface area contributed by atoms with E-state index in [4.69, 9.17) is 14.2 Å². The summed E-state index contributed by atoms with van der Waals surface area (Å²) in [4.78, 5) is 11.5. The summed E-state index contributed by atoms with van der Waals surface area (Å²) in [7, 11) is 1.64. The molecule has 0 heterocycles. The minimum atomic E-state index is -0.129. The summed E-state index contributed by atoms with van der Waals surface area (Å²) in [6.07, 6.45) is 4.23. The van der Waals surface area contributed by atoms with Crippen LogP contribution in [-0.4, -0.2) is 39.4 Å². The number of ether oxygens (including phenoxy) is 3. The van der Waals surface area contributed by atoms with Crippen molar-refractivity contribution in [1.82, 2.24) is 5.32 Å². The molecule has 1 aromatic carbocycles. The predicted molar refractivity (Wildman–Crippen MR) is 86.5 cm³/mol. The second-order valence-electron chi connectivity index (χ2n) is 5.01. The van der Waals surface area contributed by atoms with Gasteiger partial charge in [-0.05, 0) is 37.1 Å². The minimum absolute atomic E-state index is 0.0175. The van der Waals surface area contributed by atoms with E-state index in [0.717, 1.165) is 25.2 Å². The highest BCUT2D eigenvalue weighted by molar-refractivity contribution is 5.77. The summed E-state index contributed by atoms with van der Waals surface area (Å²) in [5.74, 6) is 1.36. The number of unbranched alkanes of at least 4 members (excludes halogenated alkanes) is 2. The molecule has 0 aliphatic heterocycles. The maximum Gasteiger partial charge on any atom is 0.257 e. The van der Waals surface area contributed by atoms with Crippen molar-refractivity contribution >= 4 is 5.91 Å². The molecule has 0 radical (unpaired) electrons. The van der Waals surface area contributed by atoms with Gasteiger partial charge in [0.1, 0.15) is 11.5 Å². The molecule has 0 aromatic heterocycles. The highest BCUT2D eigenvalue weighted by Crippen LogP contribution is 2.17. The zero-order valence-corrected chi connectivity index (χ0v) is 13.6. The Labute approximate surface area is 132 Å². The number of hydrogen-bond donors (Lipinski definition) is 1. The Bertz CT molecular complexity index is 406. The van der Waals surface area contributed by atoms with Crippen LogP contribution in [0.2, 0.25) is 0 Å². The summed E-state index contributed by atoms with van der Waals surface area (Å²) >= 11 is 0. The quantitative estimate of drug-likeness (QED) is 0.603. The molecule has 0 fully saturated rings. The second-order valence-corrected chi connectivity index (χ2v) is 5.01. The first-order valence-corrected chi connectivity index (χ1v) is 7.87. The summed E-state index contributed by atoms with van der Waals surface area (Å²) in [5, 5.41) is 2.77. The van der Waals surface area contributed by atoms with Crippen LogP contribution in [0.25, 0.3) is 0 Å². The number of amides is 1. The van der Waals surface area contributed by atoms with E-state index in [1.54, 1.807) is 7.11 Å². The van der Waals surface area contributed by atoms with Gasteiger partial charge in [0, 0.05) is 20.3 Å². The van der Waals surface area contributed by atoms with Crippen molar-refractivity contribution in [2.24, 2.45) is 0 Å². The Morgan fingerprint density at radius 1 is 1.00 bits per heavy atom. The first-order chi connectivity index (χ1) is 10.8. The Morgan fingerprint density at radius 3 is 2.32 bits per heavy atom. The molecule has 0 aliphatic rings. The number of methoxy groups -OCH3 is 1. The van der Waals surface area contributed by atoms with Gasteiger partial charge in [-0.15, -0.1) is 0 Å². The van der Waals surface area contributed by atoms with Crippen LogP contribution in [0.5, 0.6) is 11.5 Å². The van der Waals surface area contributed by atoms with Crippen LogP contribution in [0.4, 0.5) is 0 Å². The Kier molecular flexibility index (Phi) is 9.87. The highest BCUT2D eigenvalue weighted by Gasteiger charge is 2.02. The van der Waals surface area contributed by atoms with Crippen LogP contribution >= 0.6 is 0 Å². The molecule has 0 saturated carbocycles. The molecule has 5 nitrogen and oxygen atoms in total. The van der Waals surface area contributed by atoms with Gasteiger partial charge in [-0.2, -0.15) is 0 Å². The third-order valence-corrected chi connectivity index (χ3v) is 3.06. The number of benzene rings is 1. The summed E-state index contributed by atoms with van der Waals surface area (Å²) in [5.41, 5.74) is 0. The smallest absolute Gasteiger partial charge is 0.257 e. The van der Waals surface area contributed by atoms with Crippen molar-refractivity contribution < 1.29 is 19.0 Å². The number of carbonyl (C=O) groups excluding carboxylic acids is 1. The molecule has 0 unspecified atom stereocenters. The average molecular weight is 309 g/mol. The van der Waals surface area contributed by atoms with Crippen LogP contribution in [0.15, 0.2) is 24.3 Å². The monoisotopic (exact) mass is 309 g/mol. The number of rotatable bonds is 12. The molecule has 5 heteroatoms. The predicted octanol–water partition coefficient (Wildman–Crippen LogP) is 2.79. The van der Waals surface area contributed by atoms with E-state index >= 15 is 0 Å². The molecule has 0 aliphatic carbocycles. The van der Waals surface area contributed by atoms with E-state index in [1.165, 1.54) is 12.8 Å². The maximum absolute atomic E-state index is 11.5. The first-order valence-electron chi connectivity index (χ1n) is 7.87. The van der Waals surface area contributed by atoms with Crippen molar-refractivity contribution in [3.05, 3.63) is 24.3 Å². The second kappa shape index (κ2) is 11.9. The van der Waals surface area contributed by atoms with Gasteiger partial charge >= 0.3 is 0 Å². The summed E-state index contributed by atoms with van der Waals surface area (Å²) < 4.78 is 16.0. The zero-order valence-electron chi connectivity index (χ0n) is 13.6. The third-order valence-electron chi connectivity index (χ3n) is 3.06. The SMILES string of the molecule is CCCCCOc1ccc(OCC(=O)NCCCOC)cc1. The van der Waals surface area contributed by atoms with Crippen molar-refractivity contribution in [2.75, 3.05) is 33.5 Å². The Hall–Kier alpha value is -1.75. The van der Waals surface area contributed by atoms with Crippen molar-refractivity contribution in [1.29, 1.82) is 0 Å². The lowest BCUT2D eigenvalue weighted by molar-refractivity contribution is -0.123. The van der Waals surface area contributed by atoms with E-state index in [2.05, 4.69) is 12.2 Å². The molecule has 124 valence electrons. The van der Waals surface area contributed by atoms with E-state index in [0.29, 0.717) is 18.9 Å². The fourth-order valence-electron chi connectivity index (χ4n) is 1.82. The van der Waals surface area contributed by atoms with Crippen molar-refractivity contribution in [3.8, 4) is 11.5 Å². The van der Waals surface area contributed by atoms with Gasteiger partial charge in [-0.3, -0.25) is 4.79 Å². The average Bonchev–Trinajstić information content (AvgIpc) is 2.55. The fraction of sp³-hybridized carbons (Fsp3) is 0.588. The molecule has 1 amide bonds. The summed E-state index contributed by atoms with van der Waals surface area (Å²) in [6, 6.07) is 7.34. The molecule has 0 bridgehead atoms. The largest absolute Gasteiger partial charge is 0.494 e. The number of carbonyl (C=O) groups is 1. The lowest BCUT2D eigenvalue weighted by Gasteiger charge is -2.09. The van der Waals surface area contributed by atoms with Gasteiger partial charge in [-0.25, -0.2) is 0 Å². The highest BCUT2D eigenvalue weighted by atomic mass is 16.5. The number of hydrogen-bond acceptors (Lipinski definition) is 4. The van der Waals surface area contributed by atoms with E-state index in [1.807, 2.05) is 24.3 Å². The third kappa shape index (κ3) is 8.52. The van der Waals surface area contributed by atoms with Crippen molar-refractivity contribution in [3.63, 3.8) is 0 Å². The van der Waals surface area contributed by atoms with Crippen LogP contribution < -0.4 is 14.8 Å². The molecule has 0 spiro atoms. The minimum Gasteiger partial charge on any atom is -0.494 e. The Morgan fingerprint density at radius 2 is 1.68 bits per heavy atom. The van der Waals surface area contributed by atoms with Gasteiger partial charge in [0.05, 0.1) is 6.61 Å². The lowest BCUT2D eigenvalue weighted by Crippen LogP contribution is -2.30. The zero-order chi connectivity index (χ0) is 16.0. The van der Waals surface area contributed by atoms with Gasteiger partial charge in [0.2, 0.25) is 0 Å². The van der Waals surface area contributed by atoms with E-state index < -0.39 is 0 Å². The van der Waals surface area contributed by atoms with E-state index in [-0.39, 0.29) is 12.5 Å². The molecule has 0 saturated heterocycles. The van der Waals surface area contributed by atoms with E-state index in [9.17, 15) is 4.79 Å². The molecule has 0 atom stereocenters. The van der Waals surface area contributed by atoms with Crippen LogP contribution in [0.1, 0.15) is 32.6 Å². The molecule has 1 aromatic rings. The first kappa shape index (κ1) is 18.3.